The van der Waals surface area contributed by atoms with Crippen LogP contribution in [0.2, 0.25) is 0 Å². The Bertz CT molecular complexity index is 994. The van der Waals surface area contributed by atoms with E-state index in [0.29, 0.717) is 0 Å². The molecule has 9 nitrogen and oxygen atoms in total. The first-order valence-corrected chi connectivity index (χ1v) is 9.60. The first-order valence-electron chi connectivity index (χ1n) is 7.24. The summed E-state index contributed by atoms with van der Waals surface area (Å²) in [5, 5.41) is 1.41. The first-order chi connectivity index (χ1) is 12.7. The second-order valence-electron chi connectivity index (χ2n) is 4.95. The Morgan fingerprint density at radius 3 is 2.15 bits per heavy atom. The van der Waals surface area contributed by atoms with E-state index in [-0.39, 0.29) is 26.6 Å². The minimum atomic E-state index is -4.27. The molecule has 27 heavy (non-hydrogen) atoms. The van der Waals surface area contributed by atoms with Gasteiger partial charge in [0, 0.05) is 0 Å². The number of ether oxygens (including phenoxy) is 3. The highest BCUT2D eigenvalue weighted by Crippen LogP contribution is 2.27. The minimum absolute atomic E-state index is 0.0152. The molecule has 0 spiro atoms. The van der Waals surface area contributed by atoms with E-state index in [0.717, 1.165) is 38.7 Å². The number of sulfonamides is 1. The number of hydrogen-bond donors (Lipinski definition) is 1. The van der Waals surface area contributed by atoms with Crippen molar-refractivity contribution in [1.82, 2.24) is 0 Å². The number of nitrogens with one attached hydrogen (secondary N) is 1. The largest absolute Gasteiger partial charge is 0.465 e. The van der Waals surface area contributed by atoms with Crippen molar-refractivity contribution >= 4 is 45.0 Å². The molecule has 0 aliphatic rings. The minimum Gasteiger partial charge on any atom is -0.465 e. The lowest BCUT2D eigenvalue weighted by Gasteiger charge is -2.13. The summed E-state index contributed by atoms with van der Waals surface area (Å²) in [7, 11) is -0.854. The number of thiophene rings is 1. The van der Waals surface area contributed by atoms with Crippen molar-refractivity contribution in [1.29, 1.82) is 0 Å². The molecular formula is C16H15NO8S2. The molecule has 0 unspecified atom stereocenters. The third-order valence-electron chi connectivity index (χ3n) is 3.38. The van der Waals surface area contributed by atoms with E-state index in [1.54, 1.807) is 0 Å². The third-order valence-corrected chi connectivity index (χ3v) is 5.81. The normalized spacial score (nSPS) is 10.8. The Kier molecular flexibility index (Phi) is 6.18. The van der Waals surface area contributed by atoms with Gasteiger partial charge < -0.3 is 14.2 Å². The van der Waals surface area contributed by atoms with Crippen LogP contribution in [0.15, 0.2) is 34.5 Å². The maximum atomic E-state index is 12.7. The van der Waals surface area contributed by atoms with Gasteiger partial charge in [0.05, 0.1) is 38.1 Å². The quantitative estimate of drug-likeness (QED) is 0.562. The molecule has 0 atom stereocenters. The fourth-order valence-electron chi connectivity index (χ4n) is 2.11. The Morgan fingerprint density at radius 2 is 1.56 bits per heavy atom. The second kappa shape index (κ2) is 8.18. The summed E-state index contributed by atoms with van der Waals surface area (Å²) in [5.41, 5.74) is -0.309. The topological polar surface area (TPSA) is 125 Å². The Morgan fingerprint density at radius 1 is 0.926 bits per heavy atom. The molecule has 0 radical (unpaired) electrons. The van der Waals surface area contributed by atoms with E-state index in [4.69, 9.17) is 0 Å². The predicted molar refractivity (Wildman–Crippen MR) is 95.6 cm³/mol. The van der Waals surface area contributed by atoms with E-state index in [1.165, 1.54) is 23.6 Å². The van der Waals surface area contributed by atoms with Crippen molar-refractivity contribution in [2.24, 2.45) is 0 Å². The van der Waals surface area contributed by atoms with Crippen molar-refractivity contribution in [3.63, 3.8) is 0 Å². The number of hydrogen-bond acceptors (Lipinski definition) is 9. The van der Waals surface area contributed by atoms with Crippen LogP contribution >= 0.6 is 11.3 Å². The van der Waals surface area contributed by atoms with Crippen LogP contribution in [0.4, 0.5) is 5.69 Å². The summed E-state index contributed by atoms with van der Waals surface area (Å²) in [5.74, 6) is -2.36. The van der Waals surface area contributed by atoms with Crippen LogP contribution in [0.1, 0.15) is 30.4 Å². The highest BCUT2D eigenvalue weighted by Gasteiger charge is 2.27. The molecule has 0 amide bonds. The molecule has 2 rings (SSSR count). The van der Waals surface area contributed by atoms with Crippen LogP contribution in [0.5, 0.6) is 0 Å². The first kappa shape index (κ1) is 20.4. The van der Waals surface area contributed by atoms with E-state index in [1.807, 2.05) is 0 Å². The molecular weight excluding hydrogens is 398 g/mol. The number of carbonyl (C=O) groups excluding carboxylic acids is 3. The molecule has 0 fully saturated rings. The highest BCUT2D eigenvalue weighted by molar-refractivity contribution is 7.93. The van der Waals surface area contributed by atoms with Crippen LogP contribution in [0.3, 0.4) is 0 Å². The van der Waals surface area contributed by atoms with Gasteiger partial charge in [0.25, 0.3) is 10.0 Å². The number of anilines is 1. The Labute approximate surface area is 158 Å². The van der Waals surface area contributed by atoms with Gasteiger partial charge in [0.15, 0.2) is 0 Å². The summed E-state index contributed by atoms with van der Waals surface area (Å²) < 4.78 is 41.5. The molecule has 0 bridgehead atoms. The van der Waals surface area contributed by atoms with Crippen LogP contribution in [0, 0.1) is 0 Å². The molecule has 0 aliphatic heterocycles. The molecule has 11 heteroatoms. The average molecular weight is 413 g/mol. The van der Waals surface area contributed by atoms with Gasteiger partial charge in [0.2, 0.25) is 0 Å². The molecule has 1 aromatic heterocycles. The molecule has 1 aromatic carbocycles. The standard InChI is InChI=1S/C16H15NO8S2/c1-23-14(18)9-4-5-10(15(19)24-2)11(8-9)17-27(21,22)12-6-7-26-13(12)16(20)25-3/h4-8,17H,1-3H3. The van der Waals surface area contributed by atoms with Gasteiger partial charge in [-0.25, -0.2) is 22.8 Å². The van der Waals surface area contributed by atoms with E-state index < -0.39 is 27.9 Å². The van der Waals surface area contributed by atoms with Gasteiger partial charge in [-0.05, 0) is 29.6 Å². The summed E-state index contributed by atoms with van der Waals surface area (Å²) in [6.45, 7) is 0. The number of esters is 3. The number of benzene rings is 1. The maximum Gasteiger partial charge on any atom is 0.349 e. The molecule has 0 saturated carbocycles. The fraction of sp³-hybridized carbons (Fsp3) is 0.188. The Balaban J connectivity index is 2.54. The zero-order valence-electron chi connectivity index (χ0n) is 14.5. The molecule has 0 saturated heterocycles. The van der Waals surface area contributed by atoms with Gasteiger partial charge in [-0.1, -0.05) is 0 Å². The smallest absolute Gasteiger partial charge is 0.349 e. The van der Waals surface area contributed by atoms with Gasteiger partial charge >= 0.3 is 17.9 Å². The Hall–Kier alpha value is -2.92. The fourth-order valence-corrected chi connectivity index (χ4v) is 4.52. The monoisotopic (exact) mass is 413 g/mol. The summed E-state index contributed by atoms with van der Waals surface area (Å²) in [6.07, 6.45) is 0. The number of methoxy groups -OCH3 is 3. The maximum absolute atomic E-state index is 12.7. The molecule has 1 heterocycles. The lowest BCUT2D eigenvalue weighted by molar-refractivity contribution is 0.0587. The van der Waals surface area contributed by atoms with Gasteiger partial charge in [-0.2, -0.15) is 0 Å². The zero-order valence-corrected chi connectivity index (χ0v) is 16.1. The SMILES string of the molecule is COC(=O)c1ccc(C(=O)OC)c(NS(=O)(=O)c2ccsc2C(=O)OC)c1. The van der Waals surface area contributed by atoms with Crippen LogP contribution in [0.25, 0.3) is 0 Å². The van der Waals surface area contributed by atoms with Crippen molar-refractivity contribution in [2.75, 3.05) is 26.1 Å². The van der Waals surface area contributed by atoms with Crippen LogP contribution in [-0.4, -0.2) is 47.7 Å². The van der Waals surface area contributed by atoms with Crippen molar-refractivity contribution in [2.45, 2.75) is 4.90 Å². The van der Waals surface area contributed by atoms with Crippen LogP contribution in [-0.2, 0) is 24.2 Å². The molecule has 144 valence electrons. The van der Waals surface area contributed by atoms with Crippen LogP contribution < -0.4 is 4.72 Å². The summed E-state index contributed by atoms with van der Waals surface area (Å²) in [6, 6.07) is 4.88. The highest BCUT2D eigenvalue weighted by atomic mass is 32.2. The molecule has 0 aliphatic carbocycles. The van der Waals surface area contributed by atoms with E-state index in [9.17, 15) is 22.8 Å². The van der Waals surface area contributed by atoms with Gasteiger partial charge in [-0.3, -0.25) is 4.72 Å². The predicted octanol–water partition coefficient (Wildman–Crippen LogP) is 1.91. The lowest BCUT2D eigenvalue weighted by atomic mass is 10.1. The second-order valence-corrected chi connectivity index (χ2v) is 7.52. The number of rotatable bonds is 6. The molecule has 1 N–H and O–H groups in total. The van der Waals surface area contributed by atoms with Gasteiger partial charge in [0.1, 0.15) is 9.77 Å². The van der Waals surface area contributed by atoms with Crippen molar-refractivity contribution in [3.8, 4) is 0 Å². The summed E-state index contributed by atoms with van der Waals surface area (Å²) >= 11 is 0.887. The molecule has 2 aromatic rings. The van der Waals surface area contributed by atoms with E-state index in [2.05, 4.69) is 18.9 Å². The zero-order chi connectivity index (χ0) is 20.2. The summed E-state index contributed by atoms with van der Waals surface area (Å²) in [4.78, 5) is 35.0. The third kappa shape index (κ3) is 4.26. The van der Waals surface area contributed by atoms with Crippen molar-refractivity contribution < 1.29 is 37.0 Å². The average Bonchev–Trinajstić information content (AvgIpc) is 3.16. The van der Waals surface area contributed by atoms with E-state index >= 15 is 0 Å². The lowest BCUT2D eigenvalue weighted by Crippen LogP contribution is -2.18. The number of carbonyl (C=O) groups is 3. The van der Waals surface area contributed by atoms with Crippen molar-refractivity contribution in [3.05, 3.63) is 45.6 Å². The van der Waals surface area contributed by atoms with Gasteiger partial charge in [-0.15, -0.1) is 11.3 Å².